The van der Waals surface area contributed by atoms with E-state index in [1.54, 1.807) is 16.0 Å². The van der Waals surface area contributed by atoms with Crippen LogP contribution < -0.4 is 14.9 Å². The quantitative estimate of drug-likeness (QED) is 0.751. The Morgan fingerprint density at radius 2 is 2.09 bits per heavy atom. The summed E-state index contributed by atoms with van der Waals surface area (Å²) in [5.41, 5.74) is 0.841. The van der Waals surface area contributed by atoms with Gasteiger partial charge in [0.05, 0.1) is 6.54 Å². The zero-order valence-corrected chi connectivity index (χ0v) is 15.1. The van der Waals surface area contributed by atoms with E-state index >= 15 is 0 Å². The predicted molar refractivity (Wildman–Crippen MR) is 90.3 cm³/mol. The third-order valence-electron chi connectivity index (χ3n) is 3.17. The van der Waals surface area contributed by atoms with Gasteiger partial charge in [0.2, 0.25) is 15.9 Å². The van der Waals surface area contributed by atoms with Gasteiger partial charge in [-0.2, -0.15) is 0 Å². The van der Waals surface area contributed by atoms with Gasteiger partial charge < -0.3 is 9.88 Å². The Hall–Kier alpha value is -1.49. The Morgan fingerprint density at radius 1 is 1.35 bits per heavy atom. The first kappa shape index (κ1) is 17.9. The number of hydrogen-bond acceptors (Lipinski definition) is 6. The molecule has 23 heavy (non-hydrogen) atoms. The molecule has 2 N–H and O–H groups in total. The number of carbonyl (C=O) groups excluding carboxylic acids is 1. The number of aromatic nitrogens is 1. The minimum absolute atomic E-state index is 0.0736. The number of nitrogens with one attached hydrogen (secondary N) is 2. The van der Waals surface area contributed by atoms with Crippen LogP contribution in [0.5, 0.6) is 0 Å². The maximum Gasteiger partial charge on any atom is 0.307 e. The van der Waals surface area contributed by atoms with E-state index < -0.39 is 10.0 Å². The number of rotatable bonds is 7. The van der Waals surface area contributed by atoms with Crippen LogP contribution >= 0.6 is 22.7 Å². The number of nitrogens with zero attached hydrogens (tertiary/aromatic N) is 1. The molecule has 0 spiro atoms. The summed E-state index contributed by atoms with van der Waals surface area (Å²) >= 11 is 2.22. The molecule has 0 aliphatic carbocycles. The summed E-state index contributed by atoms with van der Waals surface area (Å²) < 4.78 is 27.3. The van der Waals surface area contributed by atoms with Crippen molar-refractivity contribution < 1.29 is 13.2 Å². The molecule has 0 fully saturated rings. The van der Waals surface area contributed by atoms with E-state index in [1.807, 2.05) is 6.92 Å². The lowest BCUT2D eigenvalue weighted by atomic mass is 10.3. The van der Waals surface area contributed by atoms with Crippen LogP contribution in [0.1, 0.15) is 17.0 Å². The number of amides is 1. The van der Waals surface area contributed by atoms with Crippen LogP contribution in [0.4, 0.5) is 0 Å². The van der Waals surface area contributed by atoms with Gasteiger partial charge in [-0.05, 0) is 26.1 Å². The molecule has 2 aromatic heterocycles. The second-order valence-electron chi connectivity index (χ2n) is 4.75. The van der Waals surface area contributed by atoms with Gasteiger partial charge in [-0.25, -0.2) is 13.1 Å². The van der Waals surface area contributed by atoms with Crippen LogP contribution in [-0.4, -0.2) is 25.9 Å². The zero-order chi connectivity index (χ0) is 17.0. The highest BCUT2D eigenvalue weighted by atomic mass is 32.2. The van der Waals surface area contributed by atoms with Crippen LogP contribution in [0, 0.1) is 6.92 Å². The van der Waals surface area contributed by atoms with E-state index in [4.69, 9.17) is 0 Å². The minimum atomic E-state index is -3.45. The topological polar surface area (TPSA) is 97.3 Å². The third-order valence-corrected chi connectivity index (χ3v) is 7.04. The number of aryl methyl sites for hydroxylation is 1. The van der Waals surface area contributed by atoms with E-state index in [2.05, 4.69) is 10.0 Å². The van der Waals surface area contributed by atoms with Gasteiger partial charge in [0.15, 0.2) is 0 Å². The second-order valence-corrected chi connectivity index (χ2v) is 8.85. The summed E-state index contributed by atoms with van der Waals surface area (Å²) in [6.07, 6.45) is 0.199. The van der Waals surface area contributed by atoms with Gasteiger partial charge in [0, 0.05) is 28.9 Å². The molecule has 0 saturated heterocycles. The van der Waals surface area contributed by atoms with Crippen LogP contribution in [0.3, 0.4) is 0 Å². The summed E-state index contributed by atoms with van der Waals surface area (Å²) in [5, 5.41) is 4.49. The lowest BCUT2D eigenvalue weighted by Crippen LogP contribution is -2.25. The highest BCUT2D eigenvalue weighted by molar-refractivity contribution is 7.91. The number of thiophene rings is 1. The molecule has 10 heteroatoms. The molecular formula is C13H17N3O4S3. The minimum Gasteiger partial charge on any atom is -0.351 e. The molecule has 0 aliphatic heterocycles. The fourth-order valence-electron chi connectivity index (χ4n) is 1.86. The first-order valence-corrected chi connectivity index (χ1v) is 9.95. The Morgan fingerprint density at radius 3 is 2.70 bits per heavy atom. The molecule has 0 saturated carbocycles. The number of thiazole rings is 1. The Bertz CT molecular complexity index is 848. The van der Waals surface area contributed by atoms with E-state index in [-0.39, 0.29) is 28.0 Å². The molecule has 1 amide bonds. The molecular weight excluding hydrogens is 358 g/mol. The van der Waals surface area contributed by atoms with Gasteiger partial charge in [-0.1, -0.05) is 11.3 Å². The maximum absolute atomic E-state index is 11.8. The first-order chi connectivity index (χ1) is 10.8. The van der Waals surface area contributed by atoms with Crippen molar-refractivity contribution in [3.8, 4) is 0 Å². The van der Waals surface area contributed by atoms with Crippen molar-refractivity contribution in [3.63, 3.8) is 0 Å². The summed E-state index contributed by atoms with van der Waals surface area (Å²) in [7, 11) is -2.09. The van der Waals surface area contributed by atoms with Crippen molar-refractivity contribution >= 4 is 38.6 Å². The highest BCUT2D eigenvalue weighted by Gasteiger charge is 2.14. The third kappa shape index (κ3) is 4.50. The van der Waals surface area contributed by atoms with Crippen LogP contribution in [0.2, 0.25) is 0 Å². The SMILES string of the molecule is CNS(=O)(=O)c1ccc(CNC(=O)CCn2c(C)csc2=O)s1. The molecule has 0 radical (unpaired) electrons. The van der Waals surface area contributed by atoms with Crippen LogP contribution in [-0.2, 0) is 27.9 Å². The van der Waals surface area contributed by atoms with Gasteiger partial charge >= 0.3 is 4.87 Å². The van der Waals surface area contributed by atoms with Crippen molar-refractivity contribution in [1.82, 2.24) is 14.6 Å². The largest absolute Gasteiger partial charge is 0.351 e. The molecule has 2 rings (SSSR count). The van der Waals surface area contributed by atoms with Gasteiger partial charge in [-0.3, -0.25) is 9.59 Å². The first-order valence-electron chi connectivity index (χ1n) is 6.77. The fourth-order valence-corrected chi connectivity index (χ4v) is 4.75. The van der Waals surface area contributed by atoms with Crippen molar-refractivity contribution in [1.29, 1.82) is 0 Å². The normalized spacial score (nSPS) is 11.6. The van der Waals surface area contributed by atoms with Gasteiger partial charge in [0.25, 0.3) is 0 Å². The predicted octanol–water partition coefficient (Wildman–Crippen LogP) is 0.894. The van der Waals surface area contributed by atoms with Crippen molar-refractivity contribution in [2.45, 2.75) is 30.6 Å². The standard InChI is InChI=1S/C13H17N3O4S3/c1-9-8-21-13(18)16(9)6-5-11(17)15-7-10-3-4-12(22-10)23(19,20)14-2/h3-4,8,14H,5-7H2,1-2H3,(H,15,17). The molecule has 0 bridgehead atoms. The van der Waals surface area contributed by atoms with Gasteiger partial charge in [0.1, 0.15) is 4.21 Å². The molecule has 0 aromatic carbocycles. The van der Waals surface area contributed by atoms with E-state index in [0.717, 1.165) is 33.2 Å². The van der Waals surface area contributed by atoms with E-state index in [9.17, 15) is 18.0 Å². The smallest absolute Gasteiger partial charge is 0.307 e. The zero-order valence-electron chi connectivity index (χ0n) is 12.7. The second kappa shape index (κ2) is 7.39. The summed E-state index contributed by atoms with van der Waals surface area (Å²) in [5.74, 6) is -0.186. The lowest BCUT2D eigenvalue weighted by molar-refractivity contribution is -0.121. The van der Waals surface area contributed by atoms with Gasteiger partial charge in [-0.15, -0.1) is 11.3 Å². The molecule has 2 heterocycles. The van der Waals surface area contributed by atoms with Crippen molar-refractivity contribution in [3.05, 3.63) is 37.8 Å². The highest BCUT2D eigenvalue weighted by Crippen LogP contribution is 2.20. The lowest BCUT2D eigenvalue weighted by Gasteiger charge is -2.05. The molecule has 2 aromatic rings. The number of sulfonamides is 1. The molecule has 7 nitrogen and oxygen atoms in total. The molecule has 126 valence electrons. The van der Waals surface area contributed by atoms with Crippen LogP contribution in [0.25, 0.3) is 0 Å². The average Bonchev–Trinajstić information content (AvgIpc) is 3.11. The summed E-state index contributed by atoms with van der Waals surface area (Å²) in [6.45, 7) is 2.43. The number of carbonyl (C=O) groups is 1. The summed E-state index contributed by atoms with van der Waals surface area (Å²) in [6, 6.07) is 3.18. The molecule has 0 unspecified atom stereocenters. The summed E-state index contributed by atoms with van der Waals surface area (Å²) in [4.78, 5) is 24.1. The monoisotopic (exact) mass is 375 g/mol. The Kier molecular flexibility index (Phi) is 5.74. The van der Waals surface area contributed by atoms with Crippen molar-refractivity contribution in [2.24, 2.45) is 0 Å². The molecule has 0 atom stereocenters. The Labute approximate surface area is 142 Å². The number of hydrogen-bond donors (Lipinski definition) is 2. The Balaban J connectivity index is 1.87. The van der Waals surface area contributed by atoms with E-state index in [1.165, 1.54) is 13.1 Å². The van der Waals surface area contributed by atoms with Crippen molar-refractivity contribution in [2.75, 3.05) is 7.05 Å². The maximum atomic E-state index is 11.8. The van der Waals surface area contributed by atoms with Crippen LogP contribution in [0.15, 0.2) is 26.5 Å². The average molecular weight is 375 g/mol. The van der Waals surface area contributed by atoms with E-state index in [0.29, 0.717) is 6.54 Å². The molecule has 0 aliphatic rings. The fraction of sp³-hybridized carbons (Fsp3) is 0.385.